The number of aromatic nitrogens is 1. The van der Waals surface area contributed by atoms with Gasteiger partial charge in [-0.2, -0.15) is 0 Å². The van der Waals surface area contributed by atoms with Crippen LogP contribution in [0.1, 0.15) is 30.1 Å². The fourth-order valence-electron chi connectivity index (χ4n) is 2.72. The zero-order chi connectivity index (χ0) is 18.0. The largest absolute Gasteiger partial charge is 0.474 e. The van der Waals surface area contributed by atoms with Gasteiger partial charge in [-0.05, 0) is 37.1 Å². The second-order valence-electron chi connectivity index (χ2n) is 6.29. The molecule has 0 aromatic carbocycles. The minimum atomic E-state index is -0.676. The number of anilines is 1. The number of nitrogens with one attached hydrogen (secondary N) is 1. The highest BCUT2D eigenvalue weighted by Crippen LogP contribution is 2.30. The summed E-state index contributed by atoms with van der Waals surface area (Å²) in [5.41, 5.74) is 1.44. The molecule has 2 aromatic rings. The van der Waals surface area contributed by atoms with Gasteiger partial charge in [0.05, 0.1) is 12.8 Å². The van der Waals surface area contributed by atoms with Crippen molar-refractivity contribution in [3.05, 3.63) is 42.0 Å². The standard InChI is InChI=1S/C18H21N3O4/c1-11(2)15(20-16(22)14-5-4-9-24-14)18(23)21-8-10-25-17-13(21)7-6-12(3)19-17/h4-7,9,11,15H,8,10H2,1-3H3,(H,20,22). The number of aryl methyl sites for hydroxylation is 1. The fourth-order valence-corrected chi connectivity index (χ4v) is 2.72. The van der Waals surface area contributed by atoms with E-state index in [1.807, 2.05) is 32.9 Å². The lowest BCUT2D eigenvalue weighted by Gasteiger charge is -2.33. The molecule has 2 aromatic heterocycles. The third-order valence-corrected chi connectivity index (χ3v) is 4.05. The number of furan rings is 1. The van der Waals surface area contributed by atoms with Crippen LogP contribution in [0.3, 0.4) is 0 Å². The molecule has 1 aliphatic rings. The van der Waals surface area contributed by atoms with E-state index in [1.54, 1.807) is 17.0 Å². The first-order chi connectivity index (χ1) is 12.0. The minimum Gasteiger partial charge on any atom is -0.474 e. The third kappa shape index (κ3) is 3.50. The molecule has 0 saturated carbocycles. The first kappa shape index (κ1) is 17.0. The lowest BCUT2D eigenvalue weighted by Crippen LogP contribution is -2.53. The quantitative estimate of drug-likeness (QED) is 0.919. The topological polar surface area (TPSA) is 84.7 Å². The molecule has 1 N–H and O–H groups in total. The van der Waals surface area contributed by atoms with E-state index in [1.165, 1.54) is 6.26 Å². The van der Waals surface area contributed by atoms with Gasteiger partial charge in [-0.1, -0.05) is 13.8 Å². The van der Waals surface area contributed by atoms with Gasteiger partial charge < -0.3 is 19.4 Å². The maximum atomic E-state index is 13.1. The lowest BCUT2D eigenvalue weighted by atomic mass is 10.0. The van der Waals surface area contributed by atoms with Crippen LogP contribution in [0.4, 0.5) is 5.69 Å². The summed E-state index contributed by atoms with van der Waals surface area (Å²) in [7, 11) is 0. The zero-order valence-electron chi connectivity index (χ0n) is 14.5. The van der Waals surface area contributed by atoms with Gasteiger partial charge in [0.15, 0.2) is 5.76 Å². The predicted molar refractivity (Wildman–Crippen MR) is 91.6 cm³/mol. The van der Waals surface area contributed by atoms with Gasteiger partial charge in [-0.25, -0.2) is 4.98 Å². The average Bonchev–Trinajstić information content (AvgIpc) is 3.12. The van der Waals surface area contributed by atoms with Gasteiger partial charge in [0.25, 0.3) is 5.91 Å². The van der Waals surface area contributed by atoms with Gasteiger partial charge >= 0.3 is 0 Å². The molecule has 0 saturated heterocycles. The Labute approximate surface area is 146 Å². The van der Waals surface area contributed by atoms with Gasteiger partial charge in [-0.3, -0.25) is 9.59 Å². The van der Waals surface area contributed by atoms with E-state index >= 15 is 0 Å². The zero-order valence-corrected chi connectivity index (χ0v) is 14.5. The summed E-state index contributed by atoms with van der Waals surface area (Å²) in [6.45, 7) is 6.42. The van der Waals surface area contributed by atoms with Crippen molar-refractivity contribution in [2.75, 3.05) is 18.1 Å². The molecule has 0 bridgehead atoms. The van der Waals surface area contributed by atoms with Crippen molar-refractivity contribution in [3.8, 4) is 5.88 Å². The second kappa shape index (κ2) is 6.96. The molecule has 7 nitrogen and oxygen atoms in total. The summed E-state index contributed by atoms with van der Waals surface area (Å²) < 4.78 is 10.7. The molecule has 0 fully saturated rings. The highest BCUT2D eigenvalue weighted by molar-refractivity contribution is 6.02. The van der Waals surface area contributed by atoms with Crippen molar-refractivity contribution >= 4 is 17.5 Å². The van der Waals surface area contributed by atoms with E-state index in [2.05, 4.69) is 10.3 Å². The van der Waals surface area contributed by atoms with Crippen molar-refractivity contribution in [1.82, 2.24) is 10.3 Å². The van der Waals surface area contributed by atoms with Gasteiger partial charge in [0.2, 0.25) is 11.8 Å². The van der Waals surface area contributed by atoms with Crippen LogP contribution in [0, 0.1) is 12.8 Å². The summed E-state index contributed by atoms with van der Waals surface area (Å²) in [6, 6.07) is 6.17. The Morgan fingerprint density at radius 2 is 2.08 bits per heavy atom. The highest BCUT2D eigenvalue weighted by Gasteiger charge is 2.33. The first-order valence-corrected chi connectivity index (χ1v) is 8.23. The van der Waals surface area contributed by atoms with Crippen LogP contribution in [0.2, 0.25) is 0 Å². The second-order valence-corrected chi connectivity index (χ2v) is 6.29. The van der Waals surface area contributed by atoms with E-state index in [4.69, 9.17) is 9.15 Å². The Kier molecular flexibility index (Phi) is 4.74. The summed E-state index contributed by atoms with van der Waals surface area (Å²) in [4.78, 5) is 31.3. The molecule has 25 heavy (non-hydrogen) atoms. The van der Waals surface area contributed by atoms with E-state index in [0.717, 1.165) is 5.69 Å². The molecule has 3 rings (SSSR count). The van der Waals surface area contributed by atoms with E-state index in [0.29, 0.717) is 24.7 Å². The van der Waals surface area contributed by atoms with Crippen LogP contribution < -0.4 is 15.0 Å². The number of amides is 2. The van der Waals surface area contributed by atoms with Crippen molar-refractivity contribution < 1.29 is 18.7 Å². The number of carbonyl (C=O) groups is 2. The average molecular weight is 343 g/mol. The van der Waals surface area contributed by atoms with Crippen LogP contribution in [0.25, 0.3) is 0 Å². The van der Waals surface area contributed by atoms with Crippen LogP contribution in [-0.2, 0) is 4.79 Å². The molecule has 0 spiro atoms. The molecular formula is C18H21N3O4. The molecule has 7 heteroatoms. The summed E-state index contributed by atoms with van der Waals surface area (Å²) in [5, 5.41) is 2.77. The number of carbonyl (C=O) groups excluding carboxylic acids is 2. The van der Waals surface area contributed by atoms with Crippen molar-refractivity contribution in [1.29, 1.82) is 0 Å². The number of ether oxygens (including phenoxy) is 1. The molecule has 1 unspecified atom stereocenters. The van der Waals surface area contributed by atoms with Crippen molar-refractivity contribution in [2.45, 2.75) is 26.8 Å². The summed E-state index contributed by atoms with van der Waals surface area (Å²) in [5.74, 6) is -0.0635. The van der Waals surface area contributed by atoms with Crippen LogP contribution >= 0.6 is 0 Å². The molecule has 3 heterocycles. The number of rotatable bonds is 4. The Bertz CT molecular complexity index is 771. The monoisotopic (exact) mass is 343 g/mol. The van der Waals surface area contributed by atoms with Crippen molar-refractivity contribution in [2.24, 2.45) is 5.92 Å². The Morgan fingerprint density at radius 1 is 1.28 bits per heavy atom. The molecule has 2 amide bonds. The molecule has 1 atom stereocenters. The smallest absolute Gasteiger partial charge is 0.287 e. The SMILES string of the molecule is Cc1ccc2c(n1)OCCN2C(=O)C(NC(=O)c1ccco1)C(C)C. The molecule has 0 radical (unpaired) electrons. The van der Waals surface area contributed by atoms with E-state index in [-0.39, 0.29) is 17.6 Å². The lowest BCUT2D eigenvalue weighted by molar-refractivity contribution is -0.121. The first-order valence-electron chi connectivity index (χ1n) is 8.23. The number of fused-ring (bicyclic) bond motifs is 1. The third-order valence-electron chi connectivity index (χ3n) is 4.05. The predicted octanol–water partition coefficient (Wildman–Crippen LogP) is 2.16. The van der Waals surface area contributed by atoms with Crippen molar-refractivity contribution in [3.63, 3.8) is 0 Å². The van der Waals surface area contributed by atoms with Crippen LogP contribution in [-0.4, -0.2) is 36.0 Å². The van der Waals surface area contributed by atoms with Gasteiger partial charge in [0, 0.05) is 5.69 Å². The Hall–Kier alpha value is -2.83. The minimum absolute atomic E-state index is 0.0869. The molecule has 1 aliphatic heterocycles. The van der Waals surface area contributed by atoms with Gasteiger partial charge in [-0.15, -0.1) is 0 Å². The maximum Gasteiger partial charge on any atom is 0.287 e. The molecular weight excluding hydrogens is 322 g/mol. The summed E-state index contributed by atoms with van der Waals surface area (Å²) >= 11 is 0. The number of nitrogens with zero attached hydrogens (tertiary/aromatic N) is 2. The van der Waals surface area contributed by atoms with Crippen LogP contribution in [0.5, 0.6) is 5.88 Å². The van der Waals surface area contributed by atoms with Gasteiger partial charge in [0.1, 0.15) is 18.3 Å². The van der Waals surface area contributed by atoms with E-state index in [9.17, 15) is 9.59 Å². The normalized spacial score (nSPS) is 14.6. The fraction of sp³-hybridized carbons (Fsp3) is 0.389. The number of hydrogen-bond acceptors (Lipinski definition) is 5. The maximum absolute atomic E-state index is 13.1. The Balaban J connectivity index is 1.83. The number of pyridine rings is 1. The highest BCUT2D eigenvalue weighted by atomic mass is 16.5. The summed E-state index contributed by atoms with van der Waals surface area (Å²) in [6.07, 6.45) is 1.42. The van der Waals surface area contributed by atoms with Crippen LogP contribution in [0.15, 0.2) is 34.9 Å². The Morgan fingerprint density at radius 3 is 2.76 bits per heavy atom. The van der Waals surface area contributed by atoms with E-state index < -0.39 is 11.9 Å². The molecule has 132 valence electrons. The molecule has 0 aliphatic carbocycles. The number of hydrogen-bond donors (Lipinski definition) is 1.